The van der Waals surface area contributed by atoms with Gasteiger partial charge in [-0.2, -0.15) is 5.26 Å². The summed E-state index contributed by atoms with van der Waals surface area (Å²) in [6.07, 6.45) is 0. The first kappa shape index (κ1) is 9.65. The van der Waals surface area contributed by atoms with Crippen LogP contribution < -0.4 is 11.5 Å². The molecule has 1 rings (SSSR count). The molecular formula is C9H10FN3. The van der Waals surface area contributed by atoms with E-state index in [1.807, 2.05) is 0 Å². The van der Waals surface area contributed by atoms with E-state index in [0.717, 1.165) is 0 Å². The number of hydrogen-bond acceptors (Lipinski definition) is 3. The Labute approximate surface area is 75.8 Å². The van der Waals surface area contributed by atoms with Gasteiger partial charge in [-0.15, -0.1) is 0 Å². The van der Waals surface area contributed by atoms with Crippen molar-refractivity contribution in [2.45, 2.75) is 6.04 Å². The molecule has 3 nitrogen and oxygen atoms in total. The zero-order valence-electron chi connectivity index (χ0n) is 7.00. The van der Waals surface area contributed by atoms with Gasteiger partial charge in [-0.25, -0.2) is 4.39 Å². The monoisotopic (exact) mass is 179 g/mol. The van der Waals surface area contributed by atoms with Crippen LogP contribution in [-0.2, 0) is 0 Å². The summed E-state index contributed by atoms with van der Waals surface area (Å²) in [6.45, 7) is 0.274. The SMILES string of the molecule is N#Cc1cc(C(N)CN)ccc1F. The van der Waals surface area contributed by atoms with E-state index in [-0.39, 0.29) is 18.2 Å². The van der Waals surface area contributed by atoms with Crippen LogP contribution in [0, 0.1) is 17.1 Å². The Morgan fingerprint density at radius 2 is 2.23 bits per heavy atom. The highest BCUT2D eigenvalue weighted by Gasteiger charge is 2.07. The topological polar surface area (TPSA) is 75.8 Å². The summed E-state index contributed by atoms with van der Waals surface area (Å²) in [6, 6.07) is 5.59. The molecule has 1 unspecified atom stereocenters. The standard InChI is InChI=1S/C9H10FN3/c10-8-2-1-6(9(13)5-12)3-7(8)4-11/h1-3,9H,5,12-13H2. The van der Waals surface area contributed by atoms with Crippen molar-refractivity contribution in [3.05, 3.63) is 35.1 Å². The highest BCUT2D eigenvalue weighted by atomic mass is 19.1. The van der Waals surface area contributed by atoms with Crippen LogP contribution in [0.4, 0.5) is 4.39 Å². The summed E-state index contributed by atoms with van der Waals surface area (Å²) in [5.74, 6) is -0.532. The molecule has 1 aromatic carbocycles. The van der Waals surface area contributed by atoms with Crippen LogP contribution in [0.15, 0.2) is 18.2 Å². The predicted octanol–water partition coefficient (Wildman–Crippen LogP) is 0.656. The van der Waals surface area contributed by atoms with Crippen molar-refractivity contribution >= 4 is 0 Å². The lowest BCUT2D eigenvalue weighted by Crippen LogP contribution is -2.20. The first-order valence-corrected chi connectivity index (χ1v) is 3.84. The van der Waals surface area contributed by atoms with Gasteiger partial charge in [-0.3, -0.25) is 0 Å². The number of nitriles is 1. The van der Waals surface area contributed by atoms with Crippen LogP contribution in [0.1, 0.15) is 17.2 Å². The summed E-state index contributed by atoms with van der Waals surface area (Å²) in [5, 5.41) is 8.54. The molecule has 4 heteroatoms. The largest absolute Gasteiger partial charge is 0.329 e. The normalized spacial score (nSPS) is 12.2. The first-order chi connectivity index (χ1) is 6.19. The molecule has 68 valence electrons. The van der Waals surface area contributed by atoms with Crippen LogP contribution in [0.2, 0.25) is 0 Å². The molecular weight excluding hydrogens is 169 g/mol. The number of nitrogens with two attached hydrogens (primary N) is 2. The van der Waals surface area contributed by atoms with Gasteiger partial charge in [0.25, 0.3) is 0 Å². The van der Waals surface area contributed by atoms with Crippen molar-refractivity contribution in [2.75, 3.05) is 6.54 Å². The molecule has 0 aliphatic carbocycles. The van der Waals surface area contributed by atoms with Gasteiger partial charge in [0.1, 0.15) is 11.9 Å². The van der Waals surface area contributed by atoms with Crippen molar-refractivity contribution in [2.24, 2.45) is 11.5 Å². The average Bonchev–Trinajstić information content (AvgIpc) is 2.17. The Morgan fingerprint density at radius 3 is 2.77 bits per heavy atom. The molecule has 0 bridgehead atoms. The number of halogens is 1. The molecule has 0 aliphatic heterocycles. The van der Waals surface area contributed by atoms with Crippen LogP contribution in [0.3, 0.4) is 0 Å². The van der Waals surface area contributed by atoms with Gasteiger partial charge >= 0.3 is 0 Å². The van der Waals surface area contributed by atoms with Crippen LogP contribution in [0.5, 0.6) is 0 Å². The quantitative estimate of drug-likeness (QED) is 0.700. The maximum atomic E-state index is 12.8. The molecule has 0 saturated heterocycles. The molecule has 0 spiro atoms. The Bertz CT molecular complexity index is 343. The number of hydrogen-bond donors (Lipinski definition) is 2. The Morgan fingerprint density at radius 1 is 1.54 bits per heavy atom. The van der Waals surface area contributed by atoms with E-state index in [0.29, 0.717) is 5.56 Å². The number of rotatable bonds is 2. The summed E-state index contributed by atoms with van der Waals surface area (Å²) in [7, 11) is 0. The van der Waals surface area contributed by atoms with E-state index in [9.17, 15) is 4.39 Å². The zero-order valence-corrected chi connectivity index (χ0v) is 7.00. The molecule has 0 amide bonds. The number of benzene rings is 1. The van der Waals surface area contributed by atoms with Crippen molar-refractivity contribution < 1.29 is 4.39 Å². The molecule has 0 aromatic heterocycles. The Balaban J connectivity index is 3.08. The molecule has 0 radical (unpaired) electrons. The van der Waals surface area contributed by atoms with E-state index >= 15 is 0 Å². The molecule has 0 saturated carbocycles. The van der Waals surface area contributed by atoms with Crippen LogP contribution in [-0.4, -0.2) is 6.54 Å². The lowest BCUT2D eigenvalue weighted by atomic mass is 10.0. The van der Waals surface area contributed by atoms with Crippen molar-refractivity contribution in [3.63, 3.8) is 0 Å². The minimum atomic E-state index is -0.532. The van der Waals surface area contributed by atoms with Crippen LogP contribution >= 0.6 is 0 Å². The van der Waals surface area contributed by atoms with Gasteiger partial charge in [0.05, 0.1) is 5.56 Å². The predicted molar refractivity (Wildman–Crippen MR) is 47.1 cm³/mol. The summed E-state index contributed by atoms with van der Waals surface area (Å²) >= 11 is 0. The third-order valence-electron chi connectivity index (χ3n) is 1.79. The third kappa shape index (κ3) is 2.02. The van der Waals surface area contributed by atoms with Gasteiger partial charge in [-0.05, 0) is 17.7 Å². The maximum Gasteiger partial charge on any atom is 0.140 e. The highest BCUT2D eigenvalue weighted by Crippen LogP contribution is 2.13. The molecule has 0 heterocycles. The summed E-state index contributed by atoms with van der Waals surface area (Å²) in [4.78, 5) is 0. The van der Waals surface area contributed by atoms with E-state index < -0.39 is 5.82 Å². The highest BCUT2D eigenvalue weighted by molar-refractivity contribution is 5.35. The van der Waals surface area contributed by atoms with Gasteiger partial charge in [0.2, 0.25) is 0 Å². The fourth-order valence-electron chi connectivity index (χ4n) is 0.995. The third-order valence-corrected chi connectivity index (χ3v) is 1.79. The van der Waals surface area contributed by atoms with Gasteiger partial charge in [-0.1, -0.05) is 6.07 Å². The smallest absolute Gasteiger partial charge is 0.140 e. The van der Waals surface area contributed by atoms with E-state index in [4.69, 9.17) is 16.7 Å². The first-order valence-electron chi connectivity index (χ1n) is 3.84. The molecule has 1 atom stereocenters. The molecule has 4 N–H and O–H groups in total. The van der Waals surface area contributed by atoms with E-state index in [1.54, 1.807) is 6.07 Å². The van der Waals surface area contributed by atoms with Crippen LogP contribution in [0.25, 0.3) is 0 Å². The van der Waals surface area contributed by atoms with Crippen molar-refractivity contribution in [1.29, 1.82) is 5.26 Å². The van der Waals surface area contributed by atoms with E-state index in [2.05, 4.69) is 0 Å². The van der Waals surface area contributed by atoms with Gasteiger partial charge in [0.15, 0.2) is 0 Å². The Hall–Kier alpha value is -1.44. The van der Waals surface area contributed by atoms with Gasteiger partial charge in [0, 0.05) is 12.6 Å². The maximum absolute atomic E-state index is 12.8. The lowest BCUT2D eigenvalue weighted by molar-refractivity contribution is 0.621. The van der Waals surface area contributed by atoms with Crippen molar-refractivity contribution in [1.82, 2.24) is 0 Å². The van der Waals surface area contributed by atoms with Gasteiger partial charge < -0.3 is 11.5 Å². The average molecular weight is 179 g/mol. The lowest BCUT2D eigenvalue weighted by Gasteiger charge is -2.08. The minimum absolute atomic E-state index is 0.00130. The molecule has 0 aliphatic rings. The fourth-order valence-corrected chi connectivity index (χ4v) is 0.995. The Kier molecular flexibility index (Phi) is 2.96. The molecule has 13 heavy (non-hydrogen) atoms. The van der Waals surface area contributed by atoms with E-state index in [1.165, 1.54) is 18.2 Å². The second kappa shape index (κ2) is 3.99. The summed E-state index contributed by atoms with van der Waals surface area (Å²) in [5.41, 5.74) is 11.6. The number of nitrogens with zero attached hydrogens (tertiary/aromatic N) is 1. The second-order valence-corrected chi connectivity index (χ2v) is 2.69. The fraction of sp³-hybridized carbons (Fsp3) is 0.222. The second-order valence-electron chi connectivity index (χ2n) is 2.69. The molecule has 0 fully saturated rings. The minimum Gasteiger partial charge on any atom is -0.329 e. The molecule has 1 aromatic rings. The summed E-state index contributed by atoms with van der Waals surface area (Å²) < 4.78 is 12.8. The van der Waals surface area contributed by atoms with Crippen molar-refractivity contribution in [3.8, 4) is 6.07 Å². The zero-order chi connectivity index (χ0) is 9.84.